The summed E-state index contributed by atoms with van der Waals surface area (Å²) in [6, 6.07) is 7.80. The van der Waals surface area contributed by atoms with E-state index in [-0.39, 0.29) is 0 Å². The molecule has 0 bridgehead atoms. The van der Waals surface area contributed by atoms with E-state index in [4.69, 9.17) is 15.2 Å². The first-order valence-corrected chi connectivity index (χ1v) is 7.28. The van der Waals surface area contributed by atoms with Crippen LogP contribution in [-0.4, -0.2) is 23.7 Å². The number of para-hydroxylation sites is 1. The Bertz CT molecular complexity index is 632. The van der Waals surface area contributed by atoms with Gasteiger partial charge in [0.25, 0.3) is 0 Å². The van der Waals surface area contributed by atoms with Gasteiger partial charge in [-0.1, -0.05) is 25.1 Å². The van der Waals surface area contributed by atoms with Crippen molar-refractivity contribution in [2.45, 2.75) is 26.8 Å². The fourth-order valence-corrected chi connectivity index (χ4v) is 2.03. The zero-order chi connectivity index (χ0) is 15.9. The lowest BCUT2D eigenvalue weighted by Crippen LogP contribution is -2.10. The standard InChI is InChI=1S/C16H22N4O2/c1-4-9-22-16-14(17)15(19-11(2)20-16)18-10-12-7-5-6-8-13(12)21-3/h5-8H,4,9-10,17H2,1-3H3,(H,18,19,20). The Labute approximate surface area is 130 Å². The number of anilines is 2. The van der Waals surface area contributed by atoms with Crippen LogP contribution in [0.25, 0.3) is 0 Å². The zero-order valence-electron chi connectivity index (χ0n) is 13.2. The number of hydrogen-bond acceptors (Lipinski definition) is 6. The zero-order valence-corrected chi connectivity index (χ0v) is 13.2. The Morgan fingerprint density at radius 2 is 2.00 bits per heavy atom. The second-order valence-corrected chi connectivity index (χ2v) is 4.85. The molecule has 118 valence electrons. The molecule has 0 spiro atoms. The summed E-state index contributed by atoms with van der Waals surface area (Å²) in [5.74, 6) is 2.44. The van der Waals surface area contributed by atoms with Gasteiger partial charge in [-0.3, -0.25) is 0 Å². The van der Waals surface area contributed by atoms with Crippen molar-refractivity contribution < 1.29 is 9.47 Å². The number of nitrogen functional groups attached to an aromatic ring is 1. The van der Waals surface area contributed by atoms with Gasteiger partial charge in [0.2, 0.25) is 5.88 Å². The first-order valence-electron chi connectivity index (χ1n) is 7.28. The topological polar surface area (TPSA) is 82.3 Å². The minimum Gasteiger partial charge on any atom is -0.496 e. The molecule has 2 rings (SSSR count). The largest absolute Gasteiger partial charge is 0.496 e. The van der Waals surface area contributed by atoms with Crippen LogP contribution in [-0.2, 0) is 6.54 Å². The van der Waals surface area contributed by atoms with Crippen molar-refractivity contribution in [2.75, 3.05) is 24.8 Å². The molecule has 1 aromatic carbocycles. The first-order chi connectivity index (χ1) is 10.7. The van der Waals surface area contributed by atoms with Crippen molar-refractivity contribution in [1.29, 1.82) is 0 Å². The molecular formula is C16H22N4O2. The van der Waals surface area contributed by atoms with E-state index in [1.807, 2.05) is 38.1 Å². The number of rotatable bonds is 7. The highest BCUT2D eigenvalue weighted by Gasteiger charge is 2.12. The number of nitrogens with two attached hydrogens (primary N) is 1. The molecule has 0 unspecified atom stereocenters. The molecule has 0 radical (unpaired) electrons. The van der Waals surface area contributed by atoms with E-state index >= 15 is 0 Å². The summed E-state index contributed by atoms with van der Waals surface area (Å²) in [5.41, 5.74) is 7.53. The van der Waals surface area contributed by atoms with Crippen molar-refractivity contribution in [3.63, 3.8) is 0 Å². The van der Waals surface area contributed by atoms with Crippen molar-refractivity contribution in [3.05, 3.63) is 35.7 Å². The third-order valence-electron chi connectivity index (χ3n) is 3.10. The quantitative estimate of drug-likeness (QED) is 0.818. The van der Waals surface area contributed by atoms with E-state index in [1.165, 1.54) is 0 Å². The smallest absolute Gasteiger partial charge is 0.242 e. The van der Waals surface area contributed by atoms with Crippen molar-refractivity contribution >= 4 is 11.5 Å². The molecule has 0 saturated carbocycles. The molecule has 0 aliphatic rings. The van der Waals surface area contributed by atoms with Crippen molar-refractivity contribution in [1.82, 2.24) is 9.97 Å². The lowest BCUT2D eigenvalue weighted by atomic mass is 10.2. The average Bonchev–Trinajstić information content (AvgIpc) is 2.54. The summed E-state index contributed by atoms with van der Waals surface area (Å²) in [4.78, 5) is 8.58. The molecule has 1 aromatic heterocycles. The van der Waals surface area contributed by atoms with E-state index in [1.54, 1.807) is 7.11 Å². The number of aromatic nitrogens is 2. The lowest BCUT2D eigenvalue weighted by Gasteiger charge is -2.14. The van der Waals surface area contributed by atoms with Gasteiger partial charge in [-0.05, 0) is 19.4 Å². The van der Waals surface area contributed by atoms with Crippen LogP contribution in [0.3, 0.4) is 0 Å². The van der Waals surface area contributed by atoms with Gasteiger partial charge >= 0.3 is 0 Å². The van der Waals surface area contributed by atoms with Gasteiger partial charge in [0.05, 0.1) is 13.7 Å². The third kappa shape index (κ3) is 3.78. The normalized spacial score (nSPS) is 10.3. The Balaban J connectivity index is 2.17. The summed E-state index contributed by atoms with van der Waals surface area (Å²) in [7, 11) is 1.65. The molecule has 2 aromatic rings. The van der Waals surface area contributed by atoms with E-state index in [0.29, 0.717) is 36.4 Å². The number of nitrogens with zero attached hydrogens (tertiary/aromatic N) is 2. The SMILES string of the molecule is CCCOc1nc(C)nc(NCc2ccccc2OC)c1N. The highest BCUT2D eigenvalue weighted by atomic mass is 16.5. The highest BCUT2D eigenvalue weighted by molar-refractivity contribution is 5.67. The maximum atomic E-state index is 6.08. The van der Waals surface area contributed by atoms with Gasteiger partial charge in [0.15, 0.2) is 5.82 Å². The van der Waals surface area contributed by atoms with Crippen LogP contribution < -0.4 is 20.5 Å². The van der Waals surface area contributed by atoms with Crippen LogP contribution in [0.1, 0.15) is 24.7 Å². The summed E-state index contributed by atoms with van der Waals surface area (Å²) in [5, 5.41) is 3.23. The van der Waals surface area contributed by atoms with Crippen molar-refractivity contribution in [3.8, 4) is 11.6 Å². The molecule has 0 atom stereocenters. The van der Waals surface area contributed by atoms with E-state index in [2.05, 4.69) is 15.3 Å². The van der Waals surface area contributed by atoms with Gasteiger partial charge in [-0.2, -0.15) is 4.98 Å². The lowest BCUT2D eigenvalue weighted by molar-refractivity contribution is 0.306. The predicted molar refractivity (Wildman–Crippen MR) is 87.3 cm³/mol. The third-order valence-corrected chi connectivity index (χ3v) is 3.10. The monoisotopic (exact) mass is 302 g/mol. The van der Waals surface area contributed by atoms with Crippen LogP contribution in [0, 0.1) is 6.92 Å². The fraction of sp³-hybridized carbons (Fsp3) is 0.375. The van der Waals surface area contributed by atoms with Crippen LogP contribution in [0.5, 0.6) is 11.6 Å². The average molecular weight is 302 g/mol. The van der Waals surface area contributed by atoms with E-state index in [0.717, 1.165) is 17.7 Å². The Hall–Kier alpha value is -2.50. The van der Waals surface area contributed by atoms with Gasteiger partial charge in [0.1, 0.15) is 17.3 Å². The second-order valence-electron chi connectivity index (χ2n) is 4.85. The molecule has 0 fully saturated rings. The molecule has 6 nitrogen and oxygen atoms in total. The van der Waals surface area contributed by atoms with E-state index in [9.17, 15) is 0 Å². The molecule has 0 amide bonds. The van der Waals surface area contributed by atoms with Crippen molar-refractivity contribution in [2.24, 2.45) is 0 Å². The van der Waals surface area contributed by atoms with Crippen LogP contribution in [0.15, 0.2) is 24.3 Å². The van der Waals surface area contributed by atoms with Gasteiger partial charge in [-0.25, -0.2) is 4.98 Å². The minimum absolute atomic E-state index is 0.425. The first kappa shape index (κ1) is 15.9. The fourth-order valence-electron chi connectivity index (χ4n) is 2.03. The maximum Gasteiger partial charge on any atom is 0.242 e. The van der Waals surface area contributed by atoms with E-state index < -0.39 is 0 Å². The number of hydrogen-bond donors (Lipinski definition) is 2. The number of aryl methyl sites for hydroxylation is 1. The molecule has 0 aliphatic carbocycles. The number of methoxy groups -OCH3 is 1. The van der Waals surface area contributed by atoms with Gasteiger partial charge in [-0.15, -0.1) is 0 Å². The summed E-state index contributed by atoms with van der Waals surface area (Å²) >= 11 is 0. The van der Waals surface area contributed by atoms with Crippen LogP contribution in [0.2, 0.25) is 0 Å². The molecule has 22 heavy (non-hydrogen) atoms. The number of nitrogens with one attached hydrogen (secondary N) is 1. The van der Waals surface area contributed by atoms with Crippen LogP contribution >= 0.6 is 0 Å². The Morgan fingerprint density at radius 1 is 1.23 bits per heavy atom. The molecule has 0 saturated heterocycles. The van der Waals surface area contributed by atoms with Gasteiger partial charge in [0, 0.05) is 12.1 Å². The molecule has 3 N–H and O–H groups in total. The Morgan fingerprint density at radius 3 is 2.73 bits per heavy atom. The highest BCUT2D eigenvalue weighted by Crippen LogP contribution is 2.27. The summed E-state index contributed by atoms with van der Waals surface area (Å²) in [6.45, 7) is 4.97. The molecule has 1 heterocycles. The van der Waals surface area contributed by atoms with Crippen LogP contribution in [0.4, 0.5) is 11.5 Å². The molecular weight excluding hydrogens is 280 g/mol. The Kier molecular flexibility index (Phi) is 5.41. The predicted octanol–water partition coefficient (Wildman–Crippen LogP) is 2.78. The number of ether oxygens (including phenoxy) is 2. The molecule has 0 aliphatic heterocycles. The van der Waals surface area contributed by atoms with Gasteiger partial charge < -0.3 is 20.5 Å². The summed E-state index contributed by atoms with van der Waals surface area (Å²) < 4.78 is 10.9. The minimum atomic E-state index is 0.425. The number of benzene rings is 1. The second kappa shape index (κ2) is 7.49. The maximum absolute atomic E-state index is 6.08. The molecule has 6 heteroatoms. The summed E-state index contributed by atoms with van der Waals surface area (Å²) in [6.07, 6.45) is 0.895.